The molecule has 1 nitrogen and oxygen atoms in total. The van der Waals surface area contributed by atoms with E-state index in [1.807, 2.05) is 12.1 Å². The summed E-state index contributed by atoms with van der Waals surface area (Å²) in [6, 6.07) is 8.19. The van der Waals surface area contributed by atoms with Crippen molar-refractivity contribution in [1.82, 2.24) is 4.90 Å². The molecule has 0 heterocycles. The number of nitrogens with zero attached hydrogens (tertiary/aromatic N) is 1. The highest BCUT2D eigenvalue weighted by molar-refractivity contribution is 5.35. The predicted molar refractivity (Wildman–Crippen MR) is 61.0 cm³/mol. The average Bonchev–Trinajstić information content (AvgIpc) is 2.26. The highest BCUT2D eigenvalue weighted by Crippen LogP contribution is 2.07. The molecule has 0 radical (unpaired) electrons. The molecule has 0 amide bonds. The molecule has 0 bridgehead atoms. The Bertz CT molecular complexity index is 318. The van der Waals surface area contributed by atoms with Crippen molar-refractivity contribution in [2.24, 2.45) is 0 Å². The topological polar surface area (TPSA) is 3.24 Å². The van der Waals surface area contributed by atoms with E-state index in [1.54, 1.807) is 0 Å². The van der Waals surface area contributed by atoms with Gasteiger partial charge in [-0.15, -0.1) is 6.42 Å². The minimum absolute atomic E-state index is 0.967. The van der Waals surface area contributed by atoms with Crippen molar-refractivity contribution in [2.45, 2.75) is 20.4 Å². The van der Waals surface area contributed by atoms with E-state index in [9.17, 15) is 0 Å². The molecular weight excluding hydrogens is 170 g/mol. The van der Waals surface area contributed by atoms with Crippen molar-refractivity contribution in [1.29, 1.82) is 0 Å². The van der Waals surface area contributed by atoms with Crippen molar-refractivity contribution in [3.63, 3.8) is 0 Å². The first-order valence-corrected chi connectivity index (χ1v) is 5.08. The fourth-order valence-electron chi connectivity index (χ4n) is 1.46. The molecule has 0 saturated heterocycles. The van der Waals surface area contributed by atoms with Gasteiger partial charge in [-0.05, 0) is 30.8 Å². The zero-order valence-electron chi connectivity index (χ0n) is 8.96. The van der Waals surface area contributed by atoms with E-state index < -0.39 is 0 Å². The second-order valence-electron chi connectivity index (χ2n) is 3.31. The fourth-order valence-corrected chi connectivity index (χ4v) is 1.46. The Hall–Kier alpha value is -1.26. The summed E-state index contributed by atoms with van der Waals surface area (Å²) in [6.45, 7) is 7.50. The molecule has 1 aromatic rings. The van der Waals surface area contributed by atoms with Crippen molar-refractivity contribution in [2.75, 3.05) is 13.1 Å². The van der Waals surface area contributed by atoms with Crippen LogP contribution in [0.25, 0.3) is 0 Å². The quantitative estimate of drug-likeness (QED) is 0.655. The van der Waals surface area contributed by atoms with Crippen molar-refractivity contribution in [3.05, 3.63) is 35.4 Å². The van der Waals surface area contributed by atoms with E-state index in [4.69, 9.17) is 6.42 Å². The van der Waals surface area contributed by atoms with Gasteiger partial charge >= 0.3 is 0 Å². The highest BCUT2D eigenvalue weighted by Gasteiger charge is 2.00. The van der Waals surface area contributed by atoms with E-state index in [0.717, 1.165) is 25.2 Å². The van der Waals surface area contributed by atoms with Crippen molar-refractivity contribution >= 4 is 0 Å². The third-order valence-corrected chi connectivity index (χ3v) is 2.39. The number of hydrogen-bond donors (Lipinski definition) is 0. The fraction of sp³-hybridized carbons (Fsp3) is 0.385. The van der Waals surface area contributed by atoms with Crippen LogP contribution in [0.2, 0.25) is 0 Å². The molecule has 0 fully saturated rings. The van der Waals surface area contributed by atoms with E-state index in [0.29, 0.717) is 0 Å². The Labute approximate surface area is 86.7 Å². The SMILES string of the molecule is C#Cc1cccc(CN(CC)CC)c1. The van der Waals surface area contributed by atoms with E-state index in [-0.39, 0.29) is 0 Å². The Morgan fingerprint density at radius 1 is 1.29 bits per heavy atom. The van der Waals surface area contributed by atoms with Gasteiger partial charge in [0.1, 0.15) is 0 Å². The zero-order chi connectivity index (χ0) is 10.4. The molecule has 0 N–H and O–H groups in total. The first-order chi connectivity index (χ1) is 6.80. The third kappa shape index (κ3) is 2.90. The van der Waals surface area contributed by atoms with Gasteiger partial charge in [-0.2, -0.15) is 0 Å². The molecule has 0 spiro atoms. The van der Waals surface area contributed by atoms with Crippen LogP contribution in [-0.4, -0.2) is 18.0 Å². The molecule has 0 aliphatic rings. The van der Waals surface area contributed by atoms with Crippen LogP contribution in [0.4, 0.5) is 0 Å². The maximum absolute atomic E-state index is 5.35. The molecule has 0 aliphatic heterocycles. The molecule has 1 rings (SSSR count). The molecule has 14 heavy (non-hydrogen) atoms. The number of terminal acetylenes is 1. The van der Waals surface area contributed by atoms with Crippen LogP contribution < -0.4 is 0 Å². The molecule has 0 saturated carbocycles. The summed E-state index contributed by atoms with van der Waals surface area (Å²) in [5.41, 5.74) is 2.26. The lowest BCUT2D eigenvalue weighted by atomic mass is 10.1. The Balaban J connectivity index is 2.72. The van der Waals surface area contributed by atoms with Gasteiger partial charge in [0, 0.05) is 12.1 Å². The molecule has 1 aromatic carbocycles. The van der Waals surface area contributed by atoms with Crippen LogP contribution in [0.1, 0.15) is 25.0 Å². The minimum atomic E-state index is 0.967. The maximum Gasteiger partial charge on any atom is 0.0245 e. The first kappa shape index (κ1) is 10.8. The van der Waals surface area contributed by atoms with Crippen LogP contribution >= 0.6 is 0 Å². The molecule has 0 unspecified atom stereocenters. The van der Waals surface area contributed by atoms with Gasteiger partial charge in [-0.1, -0.05) is 31.9 Å². The number of benzene rings is 1. The summed E-state index contributed by atoms with van der Waals surface area (Å²) in [4.78, 5) is 2.37. The molecule has 74 valence electrons. The van der Waals surface area contributed by atoms with Crippen molar-refractivity contribution in [3.8, 4) is 12.3 Å². The normalized spacial score (nSPS) is 10.1. The monoisotopic (exact) mass is 187 g/mol. The Kier molecular flexibility index (Phi) is 4.22. The van der Waals surface area contributed by atoms with Gasteiger partial charge in [0.15, 0.2) is 0 Å². The maximum atomic E-state index is 5.35. The van der Waals surface area contributed by atoms with Crippen molar-refractivity contribution < 1.29 is 0 Å². The molecule has 1 heteroatoms. The third-order valence-electron chi connectivity index (χ3n) is 2.39. The summed E-state index contributed by atoms with van der Waals surface area (Å²) >= 11 is 0. The van der Waals surface area contributed by atoms with E-state index >= 15 is 0 Å². The lowest BCUT2D eigenvalue weighted by Crippen LogP contribution is -2.22. The first-order valence-electron chi connectivity index (χ1n) is 5.08. The van der Waals surface area contributed by atoms with Crippen LogP contribution in [0.3, 0.4) is 0 Å². The van der Waals surface area contributed by atoms with Gasteiger partial charge in [-0.25, -0.2) is 0 Å². The molecule has 0 aromatic heterocycles. The summed E-state index contributed by atoms with van der Waals surface area (Å²) in [7, 11) is 0. The Morgan fingerprint density at radius 3 is 2.57 bits per heavy atom. The van der Waals surface area contributed by atoms with Gasteiger partial charge < -0.3 is 0 Å². The molecule has 0 aliphatic carbocycles. The second-order valence-corrected chi connectivity index (χ2v) is 3.31. The average molecular weight is 187 g/mol. The number of rotatable bonds is 4. The summed E-state index contributed by atoms with van der Waals surface area (Å²) in [5, 5.41) is 0. The second kappa shape index (κ2) is 5.47. The lowest BCUT2D eigenvalue weighted by molar-refractivity contribution is 0.296. The number of hydrogen-bond acceptors (Lipinski definition) is 1. The van der Waals surface area contributed by atoms with Gasteiger partial charge in [0.05, 0.1) is 0 Å². The smallest absolute Gasteiger partial charge is 0.0245 e. The summed E-state index contributed by atoms with van der Waals surface area (Å²) in [5.74, 6) is 2.66. The van der Waals surface area contributed by atoms with Gasteiger partial charge in [0.2, 0.25) is 0 Å². The van der Waals surface area contributed by atoms with Gasteiger partial charge in [-0.3, -0.25) is 4.90 Å². The lowest BCUT2D eigenvalue weighted by Gasteiger charge is -2.17. The predicted octanol–water partition coefficient (Wildman–Crippen LogP) is 2.51. The summed E-state index contributed by atoms with van der Waals surface area (Å²) < 4.78 is 0. The van der Waals surface area contributed by atoms with E-state index in [1.165, 1.54) is 5.56 Å². The Morgan fingerprint density at radius 2 is 2.00 bits per heavy atom. The standard InChI is InChI=1S/C13H17N/c1-4-12-8-7-9-13(10-12)11-14(5-2)6-3/h1,7-10H,5-6,11H2,2-3H3. The minimum Gasteiger partial charge on any atom is -0.300 e. The van der Waals surface area contributed by atoms with Gasteiger partial charge in [0.25, 0.3) is 0 Å². The summed E-state index contributed by atoms with van der Waals surface area (Å²) in [6.07, 6.45) is 5.35. The van der Waals surface area contributed by atoms with Crippen LogP contribution in [0.15, 0.2) is 24.3 Å². The molecular formula is C13H17N. The van der Waals surface area contributed by atoms with E-state index in [2.05, 4.69) is 36.8 Å². The van der Waals surface area contributed by atoms with Crippen LogP contribution in [0, 0.1) is 12.3 Å². The zero-order valence-corrected chi connectivity index (χ0v) is 8.96. The largest absolute Gasteiger partial charge is 0.300 e. The van der Waals surface area contributed by atoms with Crippen LogP contribution in [0.5, 0.6) is 0 Å². The molecule has 0 atom stereocenters. The highest BCUT2D eigenvalue weighted by atomic mass is 15.1. The van der Waals surface area contributed by atoms with Crippen LogP contribution in [-0.2, 0) is 6.54 Å².